The highest BCUT2D eigenvalue weighted by atomic mass is 16.6. The van der Waals surface area contributed by atoms with Crippen molar-refractivity contribution in [2.45, 2.75) is 24.4 Å². The molecule has 2 aliphatic heterocycles. The van der Waals surface area contributed by atoms with Gasteiger partial charge in [-0.25, -0.2) is 0 Å². The molecule has 2 heterocycles. The average molecular weight is 546 g/mol. The number of aromatic hydroxyl groups is 6. The minimum absolute atomic E-state index is 0.0175. The van der Waals surface area contributed by atoms with Crippen molar-refractivity contribution in [1.82, 2.24) is 0 Å². The monoisotopic (exact) mass is 546 g/mol. The van der Waals surface area contributed by atoms with Crippen LogP contribution >= 0.6 is 0 Å². The van der Waals surface area contributed by atoms with Gasteiger partial charge in [0.2, 0.25) is 12.6 Å². The van der Waals surface area contributed by atoms with E-state index >= 15 is 0 Å². The van der Waals surface area contributed by atoms with Gasteiger partial charge in [0.05, 0.1) is 11.8 Å². The van der Waals surface area contributed by atoms with Crippen LogP contribution < -0.4 is 9.47 Å². The maximum absolute atomic E-state index is 11.7. The van der Waals surface area contributed by atoms with Crippen LogP contribution in [0.1, 0.15) is 44.4 Å². The summed E-state index contributed by atoms with van der Waals surface area (Å²) in [6.45, 7) is 0. The zero-order chi connectivity index (χ0) is 28.5. The predicted molar refractivity (Wildman–Crippen MR) is 137 cm³/mol. The molecule has 4 atom stereocenters. The summed E-state index contributed by atoms with van der Waals surface area (Å²) in [6.07, 6.45) is -2.78. The van der Waals surface area contributed by atoms with Gasteiger partial charge in [-0.3, -0.25) is 4.79 Å². The quantitative estimate of drug-likeness (QED) is 0.138. The lowest BCUT2D eigenvalue weighted by molar-refractivity contribution is -0.0105. The number of ether oxygens (including phenoxy) is 2. The molecule has 11 heteroatoms. The topological polar surface area (TPSA) is 197 Å². The molecule has 4 aromatic carbocycles. The van der Waals surface area contributed by atoms with Gasteiger partial charge in [-0.05, 0) is 53.6 Å². The fourth-order valence-electron chi connectivity index (χ4n) is 5.59. The lowest BCUT2D eigenvalue weighted by Gasteiger charge is -2.21. The molecule has 6 rings (SSSR count). The molecule has 40 heavy (non-hydrogen) atoms. The third-order valence-corrected chi connectivity index (χ3v) is 7.34. The summed E-state index contributed by atoms with van der Waals surface area (Å²) in [5, 5.41) is 85.0. The lowest BCUT2D eigenvalue weighted by Crippen LogP contribution is -2.20. The minimum atomic E-state index is -1.66. The molecule has 0 amide bonds. The number of aliphatic hydroxyl groups excluding tert-OH is 2. The summed E-state index contributed by atoms with van der Waals surface area (Å²) >= 11 is 0. The Morgan fingerprint density at radius 2 is 1.20 bits per heavy atom. The zero-order valence-corrected chi connectivity index (χ0v) is 20.4. The third kappa shape index (κ3) is 3.56. The number of fused-ring (bicyclic) bond motifs is 2. The number of carbonyl (C=O) groups is 1. The van der Waals surface area contributed by atoms with E-state index in [2.05, 4.69) is 0 Å². The number of phenols is 6. The first kappa shape index (κ1) is 25.2. The Balaban J connectivity index is 1.54. The van der Waals surface area contributed by atoms with E-state index in [0.29, 0.717) is 6.29 Å². The van der Waals surface area contributed by atoms with Gasteiger partial charge in [0.1, 0.15) is 29.3 Å². The largest absolute Gasteiger partial charge is 0.508 e. The standard InChI is InChI=1S/C29H22O11/c30-10-11-4-6-15(32)26(35)20(11)24-23-17(34)8-12(9-19(23)40-28(24)37)13-5-7-16(33)27(36)21(13)25-22-14(31)2-1-3-18(22)39-29(25)38/h1-10,24-25,28-29,31-38H. The number of carbonyl (C=O) groups excluding carboxylic acids is 1. The van der Waals surface area contributed by atoms with Gasteiger partial charge in [-0.15, -0.1) is 0 Å². The first-order chi connectivity index (χ1) is 19.1. The number of aliphatic hydroxyl groups is 2. The number of hydrogen-bond donors (Lipinski definition) is 8. The summed E-state index contributed by atoms with van der Waals surface area (Å²) in [7, 11) is 0. The van der Waals surface area contributed by atoms with Crippen LogP contribution in [0.5, 0.6) is 46.0 Å². The molecule has 4 aromatic rings. The molecule has 8 N–H and O–H groups in total. The van der Waals surface area contributed by atoms with Crippen LogP contribution in [0, 0.1) is 0 Å². The second-order valence-corrected chi connectivity index (χ2v) is 9.52. The highest BCUT2D eigenvalue weighted by Gasteiger charge is 2.43. The number of phenolic OH excluding ortho intramolecular Hbond substituents is 6. The summed E-state index contributed by atoms with van der Waals surface area (Å²) in [5.41, 5.74) is 0.432. The molecule has 0 spiro atoms. The van der Waals surface area contributed by atoms with Crippen molar-refractivity contribution in [3.8, 4) is 57.1 Å². The van der Waals surface area contributed by atoms with E-state index in [1.807, 2.05) is 0 Å². The molecule has 4 unspecified atom stereocenters. The van der Waals surface area contributed by atoms with Gasteiger partial charge in [0, 0.05) is 27.8 Å². The molecule has 2 aliphatic rings. The predicted octanol–water partition coefficient (Wildman–Crippen LogP) is 3.09. The average Bonchev–Trinajstić information content (AvgIpc) is 3.43. The van der Waals surface area contributed by atoms with Crippen LogP contribution in [0.25, 0.3) is 11.1 Å². The number of benzene rings is 4. The molecule has 0 bridgehead atoms. The Bertz CT molecular complexity index is 1700. The van der Waals surface area contributed by atoms with Crippen LogP contribution in [-0.4, -0.2) is 59.7 Å². The number of hydrogen-bond acceptors (Lipinski definition) is 11. The Labute approximate surface area is 225 Å². The summed E-state index contributed by atoms with van der Waals surface area (Å²) < 4.78 is 11.1. The summed E-state index contributed by atoms with van der Waals surface area (Å²) in [4.78, 5) is 11.7. The Morgan fingerprint density at radius 3 is 1.90 bits per heavy atom. The fourth-order valence-corrected chi connectivity index (χ4v) is 5.59. The van der Waals surface area contributed by atoms with E-state index in [1.165, 1.54) is 48.5 Å². The van der Waals surface area contributed by atoms with Gasteiger partial charge in [0.15, 0.2) is 23.0 Å². The second kappa shape index (κ2) is 8.97. The van der Waals surface area contributed by atoms with E-state index in [9.17, 15) is 45.6 Å². The van der Waals surface area contributed by atoms with Crippen LogP contribution in [0.4, 0.5) is 0 Å². The summed E-state index contributed by atoms with van der Waals surface area (Å²) in [6, 6.07) is 12.1. The van der Waals surface area contributed by atoms with Gasteiger partial charge >= 0.3 is 0 Å². The molecule has 11 nitrogen and oxygen atoms in total. The maximum atomic E-state index is 11.7. The molecule has 0 fully saturated rings. The Kier molecular flexibility index (Phi) is 5.64. The van der Waals surface area contributed by atoms with Gasteiger partial charge in [-0.2, -0.15) is 0 Å². The van der Waals surface area contributed by atoms with Gasteiger partial charge in [0.25, 0.3) is 0 Å². The fraction of sp³-hybridized carbons (Fsp3) is 0.138. The van der Waals surface area contributed by atoms with Crippen molar-refractivity contribution in [2.75, 3.05) is 0 Å². The van der Waals surface area contributed by atoms with Crippen molar-refractivity contribution in [3.63, 3.8) is 0 Å². The second-order valence-electron chi connectivity index (χ2n) is 9.52. The summed E-state index contributed by atoms with van der Waals surface area (Å²) in [5.74, 6) is -5.19. The Hall–Kier alpha value is -5.13. The lowest BCUT2D eigenvalue weighted by atomic mass is 9.83. The molecule has 0 saturated heterocycles. The maximum Gasteiger partial charge on any atom is 0.208 e. The molecule has 0 radical (unpaired) electrons. The van der Waals surface area contributed by atoms with Crippen molar-refractivity contribution in [1.29, 1.82) is 0 Å². The van der Waals surface area contributed by atoms with Crippen LogP contribution in [0.2, 0.25) is 0 Å². The highest BCUT2D eigenvalue weighted by molar-refractivity contribution is 5.83. The van der Waals surface area contributed by atoms with Crippen LogP contribution in [-0.2, 0) is 0 Å². The third-order valence-electron chi connectivity index (χ3n) is 7.34. The van der Waals surface area contributed by atoms with Gasteiger partial charge < -0.3 is 50.3 Å². The molecular formula is C29H22O11. The first-order valence-corrected chi connectivity index (χ1v) is 12.1. The normalized spacial score (nSPS) is 20.9. The SMILES string of the molecule is O=Cc1ccc(O)c(O)c1C1c2c(O)cc(-c3ccc(O)c(O)c3C3c4c(O)cccc4OC3O)cc2OC1O. The molecule has 0 saturated carbocycles. The molecule has 0 aliphatic carbocycles. The van der Waals surface area contributed by atoms with Gasteiger partial charge in [-0.1, -0.05) is 12.1 Å². The van der Waals surface area contributed by atoms with Crippen molar-refractivity contribution in [2.24, 2.45) is 0 Å². The van der Waals surface area contributed by atoms with E-state index in [1.54, 1.807) is 0 Å². The van der Waals surface area contributed by atoms with E-state index < -0.39 is 53.2 Å². The Morgan fingerprint density at radius 1 is 0.600 bits per heavy atom. The van der Waals surface area contributed by atoms with E-state index in [4.69, 9.17) is 9.47 Å². The first-order valence-electron chi connectivity index (χ1n) is 12.1. The minimum Gasteiger partial charge on any atom is -0.508 e. The number of aldehydes is 1. The van der Waals surface area contributed by atoms with Crippen molar-refractivity contribution < 1.29 is 55.1 Å². The van der Waals surface area contributed by atoms with E-state index in [-0.39, 0.29) is 56.2 Å². The number of rotatable bonds is 4. The van der Waals surface area contributed by atoms with E-state index in [0.717, 1.165) is 6.07 Å². The molecule has 0 aromatic heterocycles. The molecule has 204 valence electrons. The van der Waals surface area contributed by atoms with Crippen molar-refractivity contribution >= 4 is 6.29 Å². The van der Waals surface area contributed by atoms with Crippen LogP contribution in [0.15, 0.2) is 54.6 Å². The highest BCUT2D eigenvalue weighted by Crippen LogP contribution is 2.55. The molecular weight excluding hydrogens is 524 g/mol. The zero-order valence-electron chi connectivity index (χ0n) is 20.4. The van der Waals surface area contributed by atoms with Crippen LogP contribution in [0.3, 0.4) is 0 Å². The van der Waals surface area contributed by atoms with Crippen molar-refractivity contribution in [3.05, 3.63) is 82.4 Å². The smallest absolute Gasteiger partial charge is 0.208 e.